The average Bonchev–Trinajstić information content (AvgIpc) is 3.42. The van der Waals surface area contributed by atoms with E-state index in [4.69, 9.17) is 0 Å². The Morgan fingerprint density at radius 3 is 2.66 bits per heavy atom. The molecule has 7 heteroatoms. The van der Waals surface area contributed by atoms with E-state index in [1.54, 1.807) is 27.8 Å². The first-order valence-corrected chi connectivity index (χ1v) is 9.64. The van der Waals surface area contributed by atoms with E-state index < -0.39 is 0 Å². The van der Waals surface area contributed by atoms with Crippen molar-refractivity contribution in [2.75, 3.05) is 18.4 Å². The number of hydrogen-bond donors (Lipinski definition) is 1. The van der Waals surface area contributed by atoms with Crippen LogP contribution in [0.25, 0.3) is 16.4 Å². The van der Waals surface area contributed by atoms with Crippen LogP contribution >= 0.6 is 0 Å². The van der Waals surface area contributed by atoms with Gasteiger partial charge in [0.05, 0.1) is 16.7 Å². The SMILES string of the molecule is O=C(Nc1cccc2cccnc12)c1nc(C(=O)N2CCCC2)c2ccccn12. The molecule has 0 bridgehead atoms. The highest BCUT2D eigenvalue weighted by Gasteiger charge is 2.26. The molecule has 4 aromatic rings. The van der Waals surface area contributed by atoms with Gasteiger partial charge in [-0.25, -0.2) is 4.98 Å². The third kappa shape index (κ3) is 3.00. The minimum absolute atomic E-state index is 0.128. The standard InChI is InChI=1S/C22H19N5O2/c28-21(24-16-9-5-7-15-8-6-11-23-18(15)16)20-25-19(17-10-1-2-14-27(17)20)22(29)26-12-3-4-13-26/h1-2,5-11,14H,3-4,12-13H2,(H,24,28). The summed E-state index contributed by atoms with van der Waals surface area (Å²) in [6, 6.07) is 14.9. The number of aromatic nitrogens is 3. The molecule has 144 valence electrons. The highest BCUT2D eigenvalue weighted by molar-refractivity contribution is 6.09. The molecule has 1 fully saturated rings. The molecule has 1 N–H and O–H groups in total. The van der Waals surface area contributed by atoms with Gasteiger partial charge in [-0.2, -0.15) is 0 Å². The van der Waals surface area contributed by atoms with Crippen molar-refractivity contribution in [2.45, 2.75) is 12.8 Å². The van der Waals surface area contributed by atoms with Gasteiger partial charge in [0.1, 0.15) is 0 Å². The van der Waals surface area contributed by atoms with Crippen LogP contribution in [0, 0.1) is 0 Å². The van der Waals surface area contributed by atoms with Crippen molar-refractivity contribution >= 4 is 33.9 Å². The fourth-order valence-electron chi connectivity index (χ4n) is 3.81. The van der Waals surface area contributed by atoms with Crippen molar-refractivity contribution < 1.29 is 9.59 Å². The second kappa shape index (κ2) is 7.01. The largest absolute Gasteiger partial charge is 0.337 e. The van der Waals surface area contributed by atoms with Gasteiger partial charge in [-0.05, 0) is 37.1 Å². The van der Waals surface area contributed by atoms with Crippen molar-refractivity contribution in [3.05, 3.63) is 72.4 Å². The van der Waals surface area contributed by atoms with E-state index in [1.807, 2.05) is 42.5 Å². The summed E-state index contributed by atoms with van der Waals surface area (Å²) >= 11 is 0. The number of hydrogen-bond acceptors (Lipinski definition) is 4. The average molecular weight is 385 g/mol. The number of carbonyl (C=O) groups is 2. The Kier molecular flexibility index (Phi) is 4.20. The first-order chi connectivity index (χ1) is 14.2. The normalized spacial score (nSPS) is 13.9. The summed E-state index contributed by atoms with van der Waals surface area (Å²) in [6.07, 6.45) is 5.44. The number of imidazole rings is 1. The molecular formula is C22H19N5O2. The Bertz CT molecular complexity index is 1240. The van der Waals surface area contributed by atoms with Crippen molar-refractivity contribution in [3.8, 4) is 0 Å². The number of fused-ring (bicyclic) bond motifs is 2. The van der Waals surface area contributed by atoms with E-state index in [2.05, 4.69) is 15.3 Å². The van der Waals surface area contributed by atoms with E-state index in [1.165, 1.54) is 0 Å². The molecule has 29 heavy (non-hydrogen) atoms. The summed E-state index contributed by atoms with van der Waals surface area (Å²) in [5, 5.41) is 3.84. The summed E-state index contributed by atoms with van der Waals surface area (Å²) in [5.41, 5.74) is 2.25. The van der Waals surface area contributed by atoms with Crippen LogP contribution in [0.1, 0.15) is 33.9 Å². The van der Waals surface area contributed by atoms with Crippen LogP contribution in [0.2, 0.25) is 0 Å². The number of carbonyl (C=O) groups excluding carboxylic acids is 2. The molecule has 1 aromatic carbocycles. The van der Waals surface area contributed by atoms with E-state index in [0.29, 0.717) is 22.4 Å². The van der Waals surface area contributed by atoms with Gasteiger partial charge in [0.2, 0.25) is 5.82 Å². The van der Waals surface area contributed by atoms with Crippen LogP contribution in [0.3, 0.4) is 0 Å². The predicted octanol–water partition coefficient (Wildman–Crippen LogP) is 3.37. The molecule has 1 aliphatic rings. The van der Waals surface area contributed by atoms with Crippen molar-refractivity contribution in [2.24, 2.45) is 0 Å². The predicted molar refractivity (Wildman–Crippen MR) is 110 cm³/mol. The van der Waals surface area contributed by atoms with Crippen molar-refractivity contribution in [1.29, 1.82) is 0 Å². The Morgan fingerprint density at radius 2 is 1.79 bits per heavy atom. The number of nitrogens with one attached hydrogen (secondary N) is 1. The molecule has 1 aliphatic heterocycles. The van der Waals surface area contributed by atoms with E-state index in [0.717, 1.165) is 31.3 Å². The minimum atomic E-state index is -0.384. The quantitative estimate of drug-likeness (QED) is 0.586. The second-order valence-corrected chi connectivity index (χ2v) is 7.07. The van der Waals surface area contributed by atoms with Crippen molar-refractivity contribution in [3.63, 3.8) is 0 Å². The van der Waals surface area contributed by atoms with Gasteiger partial charge in [-0.15, -0.1) is 0 Å². The first kappa shape index (κ1) is 17.4. The Hall–Kier alpha value is -3.74. The fourth-order valence-corrected chi connectivity index (χ4v) is 3.81. The molecule has 0 radical (unpaired) electrons. The number of pyridine rings is 2. The summed E-state index contributed by atoms with van der Waals surface area (Å²) in [5.74, 6) is -0.335. The van der Waals surface area contributed by atoms with Crippen LogP contribution in [-0.2, 0) is 0 Å². The number of rotatable bonds is 3. The maximum Gasteiger partial charge on any atom is 0.292 e. The van der Waals surface area contributed by atoms with Gasteiger partial charge in [0, 0.05) is 30.9 Å². The molecule has 7 nitrogen and oxygen atoms in total. The minimum Gasteiger partial charge on any atom is -0.337 e. The van der Waals surface area contributed by atoms with E-state index >= 15 is 0 Å². The zero-order valence-corrected chi connectivity index (χ0v) is 15.7. The first-order valence-electron chi connectivity index (χ1n) is 9.64. The smallest absolute Gasteiger partial charge is 0.292 e. The van der Waals surface area contributed by atoms with E-state index in [9.17, 15) is 9.59 Å². The lowest BCUT2D eigenvalue weighted by Gasteiger charge is -2.13. The summed E-state index contributed by atoms with van der Waals surface area (Å²) in [6.45, 7) is 1.46. The third-order valence-electron chi connectivity index (χ3n) is 5.23. The lowest BCUT2D eigenvalue weighted by Crippen LogP contribution is -2.28. The second-order valence-electron chi connectivity index (χ2n) is 7.07. The number of para-hydroxylation sites is 1. The van der Waals surface area contributed by atoms with Crippen LogP contribution in [0.15, 0.2) is 60.9 Å². The number of anilines is 1. The molecule has 0 aliphatic carbocycles. The van der Waals surface area contributed by atoms with Gasteiger partial charge >= 0.3 is 0 Å². The van der Waals surface area contributed by atoms with Gasteiger partial charge in [-0.3, -0.25) is 19.0 Å². The molecule has 0 saturated carbocycles. The molecular weight excluding hydrogens is 366 g/mol. The van der Waals surface area contributed by atoms with Gasteiger partial charge in [0.15, 0.2) is 5.69 Å². The van der Waals surface area contributed by atoms with Crippen LogP contribution in [0.5, 0.6) is 0 Å². The molecule has 2 amide bonds. The van der Waals surface area contributed by atoms with Crippen molar-refractivity contribution in [1.82, 2.24) is 19.3 Å². The molecule has 0 spiro atoms. The van der Waals surface area contributed by atoms with Gasteiger partial charge in [0.25, 0.3) is 11.8 Å². The number of amides is 2. The zero-order valence-electron chi connectivity index (χ0n) is 15.7. The lowest BCUT2D eigenvalue weighted by atomic mass is 10.2. The fraction of sp³-hybridized carbons (Fsp3) is 0.182. The molecule has 1 saturated heterocycles. The van der Waals surface area contributed by atoms with Crippen LogP contribution in [0.4, 0.5) is 5.69 Å². The summed E-state index contributed by atoms with van der Waals surface area (Å²) < 4.78 is 1.66. The Labute approximate surface area is 167 Å². The third-order valence-corrected chi connectivity index (χ3v) is 5.23. The van der Waals surface area contributed by atoms with Gasteiger partial charge in [-0.1, -0.05) is 24.3 Å². The number of benzene rings is 1. The topological polar surface area (TPSA) is 79.6 Å². The molecule has 3 aromatic heterocycles. The van der Waals surface area contributed by atoms with Crippen LogP contribution in [-0.4, -0.2) is 44.2 Å². The highest BCUT2D eigenvalue weighted by Crippen LogP contribution is 2.23. The van der Waals surface area contributed by atoms with Gasteiger partial charge < -0.3 is 10.2 Å². The maximum atomic E-state index is 13.1. The highest BCUT2D eigenvalue weighted by atomic mass is 16.2. The summed E-state index contributed by atoms with van der Waals surface area (Å²) in [4.78, 5) is 36.6. The molecule has 0 atom stereocenters. The van der Waals surface area contributed by atoms with Crippen LogP contribution < -0.4 is 5.32 Å². The molecule has 0 unspecified atom stereocenters. The zero-order chi connectivity index (χ0) is 19.8. The van der Waals surface area contributed by atoms with E-state index in [-0.39, 0.29) is 17.6 Å². The summed E-state index contributed by atoms with van der Waals surface area (Å²) in [7, 11) is 0. The Morgan fingerprint density at radius 1 is 0.966 bits per heavy atom. The molecule has 4 heterocycles. The number of nitrogens with zero attached hydrogens (tertiary/aromatic N) is 4. The molecule has 5 rings (SSSR count). The number of likely N-dealkylation sites (tertiary alicyclic amines) is 1. The Balaban J connectivity index is 1.54. The maximum absolute atomic E-state index is 13.1. The monoisotopic (exact) mass is 385 g/mol. The lowest BCUT2D eigenvalue weighted by molar-refractivity contribution is 0.0789.